The van der Waals surface area contributed by atoms with Gasteiger partial charge in [-0.2, -0.15) is 0 Å². The Morgan fingerprint density at radius 2 is 2.00 bits per heavy atom. The molecule has 2 N–H and O–H groups in total. The Bertz CT molecular complexity index is 439. The first-order valence-corrected chi connectivity index (χ1v) is 5.65. The van der Waals surface area contributed by atoms with Crippen LogP contribution in [0.15, 0.2) is 12.1 Å². The summed E-state index contributed by atoms with van der Waals surface area (Å²) in [6.07, 6.45) is 0. The first-order chi connectivity index (χ1) is 7.99. The summed E-state index contributed by atoms with van der Waals surface area (Å²) < 4.78 is 0. The molecule has 2 rings (SSSR count). The first kappa shape index (κ1) is 11.6. The quantitative estimate of drug-likeness (QED) is 0.623. The van der Waals surface area contributed by atoms with Gasteiger partial charge in [0.15, 0.2) is 0 Å². The average Bonchev–Trinajstić information content (AvgIpc) is 2.58. The van der Waals surface area contributed by atoms with Gasteiger partial charge in [0.1, 0.15) is 5.82 Å². The zero-order valence-electron chi connectivity index (χ0n) is 9.96. The van der Waals surface area contributed by atoms with Gasteiger partial charge in [0.2, 0.25) is 5.82 Å². The minimum absolute atomic E-state index is 0.0142. The van der Waals surface area contributed by atoms with Crippen LogP contribution in [0.5, 0.6) is 0 Å². The zero-order valence-corrected chi connectivity index (χ0v) is 9.96. The van der Waals surface area contributed by atoms with Crippen molar-refractivity contribution in [2.24, 2.45) is 11.8 Å². The molecule has 0 radical (unpaired) electrons. The fraction of sp³-hybridized carbons (Fsp3) is 0.545. The molecular weight excluding hydrogens is 220 g/mol. The molecule has 2 atom stereocenters. The van der Waals surface area contributed by atoms with Crippen LogP contribution in [0.1, 0.15) is 13.8 Å². The molecule has 2 heterocycles. The molecule has 2 unspecified atom stereocenters. The number of hydrogen-bond donors (Lipinski definition) is 1. The number of pyridine rings is 1. The highest BCUT2D eigenvalue weighted by Gasteiger charge is 2.27. The van der Waals surface area contributed by atoms with E-state index in [0.29, 0.717) is 11.8 Å². The van der Waals surface area contributed by atoms with Crippen molar-refractivity contribution in [2.45, 2.75) is 13.8 Å². The molecule has 1 aromatic rings. The van der Waals surface area contributed by atoms with Gasteiger partial charge in [-0.15, -0.1) is 0 Å². The highest BCUT2D eigenvalue weighted by molar-refractivity contribution is 5.58. The minimum Gasteiger partial charge on any atom is -0.378 e. The Hall–Kier alpha value is -1.85. The van der Waals surface area contributed by atoms with E-state index in [0.717, 1.165) is 18.9 Å². The van der Waals surface area contributed by atoms with Crippen molar-refractivity contribution < 1.29 is 4.92 Å². The van der Waals surface area contributed by atoms with Crippen molar-refractivity contribution in [1.29, 1.82) is 0 Å². The molecule has 1 aromatic heterocycles. The summed E-state index contributed by atoms with van der Waals surface area (Å²) in [6, 6.07) is 3.09. The first-order valence-electron chi connectivity index (χ1n) is 5.65. The zero-order chi connectivity index (χ0) is 12.6. The Morgan fingerprint density at radius 3 is 2.47 bits per heavy atom. The van der Waals surface area contributed by atoms with E-state index in [2.05, 4.69) is 23.7 Å². The lowest BCUT2D eigenvalue weighted by Gasteiger charge is -2.17. The van der Waals surface area contributed by atoms with Crippen LogP contribution in [-0.2, 0) is 0 Å². The number of nitro groups is 1. The highest BCUT2D eigenvalue weighted by atomic mass is 16.6. The Balaban J connectivity index is 2.24. The lowest BCUT2D eigenvalue weighted by molar-refractivity contribution is -0.384. The summed E-state index contributed by atoms with van der Waals surface area (Å²) in [4.78, 5) is 16.3. The van der Waals surface area contributed by atoms with E-state index < -0.39 is 4.92 Å². The molecule has 17 heavy (non-hydrogen) atoms. The normalized spacial score (nSPS) is 24.0. The van der Waals surface area contributed by atoms with E-state index in [-0.39, 0.29) is 11.5 Å². The maximum absolute atomic E-state index is 10.6. The molecule has 92 valence electrons. The fourth-order valence-electron chi connectivity index (χ4n) is 2.10. The van der Waals surface area contributed by atoms with Crippen LogP contribution in [0.3, 0.4) is 0 Å². The largest absolute Gasteiger partial charge is 0.378 e. The summed E-state index contributed by atoms with van der Waals surface area (Å²) in [7, 11) is 0. The molecule has 1 aliphatic rings. The van der Waals surface area contributed by atoms with Crippen molar-refractivity contribution in [3.8, 4) is 0 Å². The molecule has 0 spiro atoms. The van der Waals surface area contributed by atoms with Crippen LogP contribution in [-0.4, -0.2) is 23.0 Å². The molecule has 0 aromatic carbocycles. The van der Waals surface area contributed by atoms with E-state index in [1.165, 1.54) is 6.07 Å². The molecular formula is C11H16N4O2. The smallest absolute Gasteiger partial charge is 0.311 e. The third kappa shape index (κ3) is 2.15. The molecule has 0 amide bonds. The van der Waals surface area contributed by atoms with Crippen LogP contribution in [0, 0.1) is 22.0 Å². The van der Waals surface area contributed by atoms with Crippen LogP contribution in [0.4, 0.5) is 17.3 Å². The molecule has 0 saturated carbocycles. The highest BCUT2D eigenvalue weighted by Crippen LogP contribution is 2.29. The Morgan fingerprint density at radius 1 is 1.41 bits per heavy atom. The second-order valence-corrected chi connectivity index (χ2v) is 4.69. The van der Waals surface area contributed by atoms with E-state index >= 15 is 0 Å². The van der Waals surface area contributed by atoms with Gasteiger partial charge in [-0.3, -0.25) is 10.1 Å². The molecule has 1 fully saturated rings. The third-order valence-corrected chi connectivity index (χ3v) is 3.40. The number of nitrogens with two attached hydrogens (primary N) is 1. The van der Waals surface area contributed by atoms with E-state index in [9.17, 15) is 10.1 Å². The topological polar surface area (TPSA) is 85.3 Å². The molecule has 0 aliphatic carbocycles. The number of anilines is 2. The van der Waals surface area contributed by atoms with Gasteiger partial charge in [0.25, 0.3) is 0 Å². The summed E-state index contributed by atoms with van der Waals surface area (Å²) in [5, 5.41) is 10.6. The van der Waals surface area contributed by atoms with Crippen LogP contribution in [0.2, 0.25) is 0 Å². The van der Waals surface area contributed by atoms with Crippen LogP contribution in [0.25, 0.3) is 0 Å². The van der Waals surface area contributed by atoms with Crippen molar-refractivity contribution >= 4 is 17.3 Å². The van der Waals surface area contributed by atoms with Crippen LogP contribution < -0.4 is 10.6 Å². The van der Waals surface area contributed by atoms with E-state index in [4.69, 9.17) is 5.73 Å². The SMILES string of the molecule is CC1CN(c2ccc([N+](=O)[O-])c(N)n2)CC1C. The molecule has 0 bridgehead atoms. The van der Waals surface area contributed by atoms with Gasteiger partial charge in [-0.1, -0.05) is 13.8 Å². The summed E-state index contributed by atoms with van der Waals surface area (Å²) in [5.74, 6) is 1.92. The summed E-state index contributed by atoms with van der Waals surface area (Å²) >= 11 is 0. The van der Waals surface area contributed by atoms with Gasteiger partial charge >= 0.3 is 5.69 Å². The Labute approximate surface area is 99.6 Å². The molecule has 6 nitrogen and oxygen atoms in total. The maximum atomic E-state index is 10.6. The minimum atomic E-state index is -0.513. The monoisotopic (exact) mass is 236 g/mol. The summed E-state index contributed by atoms with van der Waals surface area (Å²) in [6.45, 7) is 6.23. The lowest BCUT2D eigenvalue weighted by atomic mass is 10.0. The number of aromatic nitrogens is 1. The number of nitrogens with zero attached hydrogens (tertiary/aromatic N) is 3. The molecule has 6 heteroatoms. The maximum Gasteiger partial charge on any atom is 0.311 e. The Kier molecular flexibility index (Phi) is 2.87. The van der Waals surface area contributed by atoms with Crippen LogP contribution >= 0.6 is 0 Å². The van der Waals surface area contributed by atoms with Crippen molar-refractivity contribution in [1.82, 2.24) is 4.98 Å². The molecule has 1 saturated heterocycles. The van der Waals surface area contributed by atoms with Crippen molar-refractivity contribution in [3.63, 3.8) is 0 Å². The van der Waals surface area contributed by atoms with E-state index in [1.54, 1.807) is 6.07 Å². The van der Waals surface area contributed by atoms with Crippen molar-refractivity contribution in [3.05, 3.63) is 22.2 Å². The lowest BCUT2D eigenvalue weighted by Crippen LogP contribution is -2.21. The van der Waals surface area contributed by atoms with Gasteiger partial charge in [-0.05, 0) is 17.9 Å². The third-order valence-electron chi connectivity index (χ3n) is 3.40. The second-order valence-electron chi connectivity index (χ2n) is 4.69. The van der Waals surface area contributed by atoms with Gasteiger partial charge in [0.05, 0.1) is 4.92 Å². The second kappa shape index (κ2) is 4.20. The average molecular weight is 236 g/mol. The predicted octanol–water partition coefficient (Wildman–Crippen LogP) is 1.66. The summed E-state index contributed by atoms with van der Waals surface area (Å²) in [5.41, 5.74) is 5.45. The number of hydrogen-bond acceptors (Lipinski definition) is 5. The van der Waals surface area contributed by atoms with Gasteiger partial charge in [-0.25, -0.2) is 4.98 Å². The van der Waals surface area contributed by atoms with Crippen molar-refractivity contribution in [2.75, 3.05) is 23.7 Å². The standard InChI is InChI=1S/C11H16N4O2/c1-7-5-14(6-8(7)2)10-4-3-9(15(16)17)11(12)13-10/h3-4,7-8H,5-6H2,1-2H3,(H2,12,13). The number of nitrogen functional groups attached to an aromatic ring is 1. The van der Waals surface area contributed by atoms with E-state index in [1.807, 2.05) is 0 Å². The number of rotatable bonds is 2. The fourth-order valence-corrected chi connectivity index (χ4v) is 2.10. The van der Waals surface area contributed by atoms with Gasteiger partial charge < -0.3 is 10.6 Å². The predicted molar refractivity (Wildman–Crippen MR) is 65.8 cm³/mol. The molecule has 1 aliphatic heterocycles. The van der Waals surface area contributed by atoms with Gasteiger partial charge in [0, 0.05) is 19.2 Å².